The number of hydrogen-bond acceptors (Lipinski definition) is 4. The molecule has 7 heteroatoms. The highest BCUT2D eigenvalue weighted by molar-refractivity contribution is 6.30. The Kier molecular flexibility index (Phi) is 6.04. The first-order valence-electron chi connectivity index (χ1n) is 10.2. The topological polar surface area (TPSA) is 75.4 Å². The second-order valence-corrected chi connectivity index (χ2v) is 8.23. The van der Waals surface area contributed by atoms with Gasteiger partial charge in [-0.05, 0) is 54.7 Å². The average Bonchev–Trinajstić information content (AvgIpc) is 3.13. The molecule has 2 aromatic carbocycles. The molecular formula is C23H24ClN3O3. The Morgan fingerprint density at radius 1 is 1.27 bits per heavy atom. The van der Waals surface area contributed by atoms with E-state index < -0.39 is 0 Å². The molecule has 4 rings (SSSR count). The summed E-state index contributed by atoms with van der Waals surface area (Å²) in [6.07, 6.45) is 2.48. The van der Waals surface area contributed by atoms with Crippen molar-refractivity contribution in [1.82, 2.24) is 15.2 Å². The third-order valence-electron chi connectivity index (χ3n) is 5.37. The van der Waals surface area contributed by atoms with Crippen molar-refractivity contribution in [1.29, 1.82) is 0 Å². The summed E-state index contributed by atoms with van der Waals surface area (Å²) in [7, 11) is 0. The fourth-order valence-electron chi connectivity index (χ4n) is 3.89. The number of carbonyl (C=O) groups is 2. The van der Waals surface area contributed by atoms with E-state index in [0.717, 1.165) is 30.5 Å². The van der Waals surface area contributed by atoms with Crippen LogP contribution in [-0.4, -0.2) is 41.3 Å². The summed E-state index contributed by atoms with van der Waals surface area (Å²) in [5.41, 5.74) is 2.94. The van der Waals surface area contributed by atoms with E-state index in [9.17, 15) is 9.59 Å². The summed E-state index contributed by atoms with van der Waals surface area (Å²) < 4.78 is 5.90. The smallest absolute Gasteiger partial charge is 0.254 e. The lowest BCUT2D eigenvalue weighted by atomic mass is 9.97. The lowest BCUT2D eigenvalue weighted by Crippen LogP contribution is -2.43. The van der Waals surface area contributed by atoms with Gasteiger partial charge >= 0.3 is 0 Å². The second-order valence-electron chi connectivity index (χ2n) is 7.79. The number of piperidine rings is 1. The predicted molar refractivity (Wildman–Crippen MR) is 116 cm³/mol. The van der Waals surface area contributed by atoms with Crippen LogP contribution < -0.4 is 5.32 Å². The first kappa shape index (κ1) is 20.4. The Morgan fingerprint density at radius 2 is 2.13 bits per heavy atom. The van der Waals surface area contributed by atoms with Gasteiger partial charge in [-0.15, -0.1) is 0 Å². The van der Waals surface area contributed by atoms with Gasteiger partial charge in [-0.1, -0.05) is 23.7 Å². The Hall–Kier alpha value is -2.86. The number of rotatable bonds is 5. The van der Waals surface area contributed by atoms with Crippen molar-refractivity contribution in [3.8, 4) is 0 Å². The molecule has 156 valence electrons. The number of nitrogens with one attached hydrogen (secondary N) is 1. The zero-order valence-corrected chi connectivity index (χ0v) is 17.6. The van der Waals surface area contributed by atoms with Gasteiger partial charge < -0.3 is 14.6 Å². The lowest BCUT2D eigenvalue weighted by molar-refractivity contribution is -0.119. The molecule has 1 atom stereocenters. The highest BCUT2D eigenvalue weighted by atomic mass is 35.5. The normalized spacial score (nSPS) is 16.6. The van der Waals surface area contributed by atoms with Gasteiger partial charge in [-0.25, -0.2) is 4.98 Å². The maximum atomic E-state index is 13.0. The van der Waals surface area contributed by atoms with Crippen molar-refractivity contribution in [2.45, 2.75) is 26.2 Å². The largest absolute Gasteiger partial charge is 0.440 e. The fourth-order valence-corrected chi connectivity index (χ4v) is 4.10. The Bertz CT molecular complexity index is 1080. The molecule has 0 saturated carbocycles. The first-order valence-corrected chi connectivity index (χ1v) is 10.5. The predicted octanol–water partition coefficient (Wildman–Crippen LogP) is 4.06. The van der Waals surface area contributed by atoms with Gasteiger partial charge in [0.25, 0.3) is 5.91 Å². The molecular weight excluding hydrogens is 402 g/mol. The molecule has 1 aliphatic heterocycles. The van der Waals surface area contributed by atoms with Gasteiger partial charge in [-0.3, -0.25) is 9.59 Å². The van der Waals surface area contributed by atoms with Crippen LogP contribution in [-0.2, 0) is 11.2 Å². The minimum Gasteiger partial charge on any atom is -0.440 e. The van der Waals surface area contributed by atoms with E-state index in [1.807, 2.05) is 35.2 Å². The monoisotopic (exact) mass is 425 g/mol. The number of amides is 2. The van der Waals surface area contributed by atoms with Crippen LogP contribution in [0.4, 0.5) is 0 Å². The summed E-state index contributed by atoms with van der Waals surface area (Å²) >= 11 is 6.05. The molecule has 0 radical (unpaired) electrons. The molecule has 1 aromatic heterocycles. The summed E-state index contributed by atoms with van der Waals surface area (Å²) in [6, 6.07) is 13.0. The molecule has 0 unspecified atom stereocenters. The number of carbonyl (C=O) groups excluding carboxylic acids is 2. The van der Waals surface area contributed by atoms with Gasteiger partial charge in [0.15, 0.2) is 11.5 Å². The number of nitrogens with zero attached hydrogens (tertiary/aromatic N) is 2. The van der Waals surface area contributed by atoms with E-state index in [-0.39, 0.29) is 17.7 Å². The zero-order valence-electron chi connectivity index (χ0n) is 16.9. The van der Waals surface area contributed by atoms with Crippen LogP contribution in [0.3, 0.4) is 0 Å². The van der Waals surface area contributed by atoms with Crippen LogP contribution in [0.2, 0.25) is 5.02 Å². The number of likely N-dealkylation sites (tertiary alicyclic amines) is 1. The third kappa shape index (κ3) is 4.82. The summed E-state index contributed by atoms with van der Waals surface area (Å²) in [5, 5.41) is 3.53. The van der Waals surface area contributed by atoms with E-state index in [1.54, 1.807) is 12.1 Å². The second kappa shape index (κ2) is 8.88. The van der Waals surface area contributed by atoms with Crippen molar-refractivity contribution in [2.75, 3.05) is 19.6 Å². The fraction of sp³-hybridized carbons (Fsp3) is 0.348. The molecule has 1 fully saturated rings. The number of hydrogen-bond donors (Lipinski definition) is 1. The molecule has 30 heavy (non-hydrogen) atoms. The molecule has 1 saturated heterocycles. The molecule has 2 amide bonds. The van der Waals surface area contributed by atoms with Crippen molar-refractivity contribution < 1.29 is 14.0 Å². The molecule has 1 N–H and O–H groups in total. The Balaban J connectivity index is 1.47. The Morgan fingerprint density at radius 3 is 2.93 bits per heavy atom. The molecule has 2 heterocycles. The van der Waals surface area contributed by atoms with Crippen LogP contribution >= 0.6 is 11.6 Å². The van der Waals surface area contributed by atoms with E-state index >= 15 is 0 Å². The minimum absolute atomic E-state index is 0.0165. The SMILES string of the molecule is CC(=O)NC[C@H]1CCCN(C(=O)c2ccc3nc(Cc4cccc(Cl)c4)oc3c2)C1. The number of fused-ring (bicyclic) bond motifs is 1. The number of halogens is 1. The van der Waals surface area contributed by atoms with E-state index in [2.05, 4.69) is 10.3 Å². The molecule has 0 spiro atoms. The quantitative estimate of drug-likeness (QED) is 0.668. The van der Waals surface area contributed by atoms with Crippen molar-refractivity contribution in [2.24, 2.45) is 5.92 Å². The number of oxazole rings is 1. The van der Waals surface area contributed by atoms with Crippen LogP contribution in [0.15, 0.2) is 46.9 Å². The van der Waals surface area contributed by atoms with Crippen LogP contribution in [0, 0.1) is 5.92 Å². The summed E-state index contributed by atoms with van der Waals surface area (Å²) in [5.74, 6) is 0.815. The van der Waals surface area contributed by atoms with E-state index in [0.29, 0.717) is 41.6 Å². The molecule has 6 nitrogen and oxygen atoms in total. The maximum absolute atomic E-state index is 13.0. The van der Waals surface area contributed by atoms with Gasteiger partial charge in [0.2, 0.25) is 5.91 Å². The summed E-state index contributed by atoms with van der Waals surface area (Å²) in [6.45, 7) is 3.49. The molecule has 1 aliphatic rings. The van der Waals surface area contributed by atoms with Gasteiger partial charge in [0.05, 0.1) is 0 Å². The van der Waals surface area contributed by atoms with Crippen molar-refractivity contribution >= 4 is 34.5 Å². The third-order valence-corrected chi connectivity index (χ3v) is 5.61. The van der Waals surface area contributed by atoms with Crippen molar-refractivity contribution in [3.05, 3.63) is 64.5 Å². The van der Waals surface area contributed by atoms with Gasteiger partial charge in [-0.2, -0.15) is 0 Å². The standard InChI is InChI=1S/C23H24ClN3O3/c1-15(28)25-13-17-5-3-9-27(14-17)23(29)18-7-8-20-21(12-18)30-22(26-20)11-16-4-2-6-19(24)10-16/h2,4,6-8,10,12,17H,3,5,9,11,13-14H2,1H3,(H,25,28)/t17-/m1/s1. The van der Waals surface area contributed by atoms with Crippen LogP contribution in [0.25, 0.3) is 11.1 Å². The summed E-state index contributed by atoms with van der Waals surface area (Å²) in [4.78, 5) is 30.6. The van der Waals surface area contributed by atoms with Crippen LogP contribution in [0.1, 0.15) is 41.6 Å². The zero-order chi connectivity index (χ0) is 21.1. The van der Waals surface area contributed by atoms with E-state index in [1.165, 1.54) is 6.92 Å². The van der Waals surface area contributed by atoms with Crippen molar-refractivity contribution in [3.63, 3.8) is 0 Å². The van der Waals surface area contributed by atoms with E-state index in [4.69, 9.17) is 16.0 Å². The molecule has 0 aliphatic carbocycles. The molecule has 0 bridgehead atoms. The first-order chi connectivity index (χ1) is 14.5. The van der Waals surface area contributed by atoms with Crippen LogP contribution in [0.5, 0.6) is 0 Å². The minimum atomic E-state index is -0.0391. The number of benzene rings is 2. The average molecular weight is 426 g/mol. The highest BCUT2D eigenvalue weighted by Crippen LogP contribution is 2.23. The Labute approximate surface area is 180 Å². The molecule has 3 aromatic rings. The van der Waals surface area contributed by atoms with Gasteiger partial charge in [0, 0.05) is 43.6 Å². The highest BCUT2D eigenvalue weighted by Gasteiger charge is 2.25. The van der Waals surface area contributed by atoms with Gasteiger partial charge in [0.1, 0.15) is 5.52 Å². The lowest BCUT2D eigenvalue weighted by Gasteiger charge is -2.32. The maximum Gasteiger partial charge on any atom is 0.254 e. The number of aromatic nitrogens is 1.